The lowest BCUT2D eigenvalue weighted by atomic mass is 9.90. The van der Waals surface area contributed by atoms with Crippen LogP contribution in [0.1, 0.15) is 61.5 Å². The van der Waals surface area contributed by atoms with Crippen LogP contribution in [0.15, 0.2) is 18.2 Å². The second-order valence-electron chi connectivity index (χ2n) is 8.86. The van der Waals surface area contributed by atoms with Gasteiger partial charge in [-0.15, -0.1) is 0 Å². The quantitative estimate of drug-likeness (QED) is 0.862. The molecule has 1 N–H and O–H groups in total. The van der Waals surface area contributed by atoms with Crippen LogP contribution in [0.5, 0.6) is 0 Å². The van der Waals surface area contributed by atoms with Crippen molar-refractivity contribution in [2.24, 2.45) is 5.41 Å². The van der Waals surface area contributed by atoms with E-state index in [4.69, 9.17) is 0 Å². The van der Waals surface area contributed by atoms with Gasteiger partial charge in [-0.3, -0.25) is 4.79 Å². The van der Waals surface area contributed by atoms with Crippen LogP contribution in [-0.4, -0.2) is 42.7 Å². The first-order valence-corrected chi connectivity index (χ1v) is 9.34. The minimum atomic E-state index is -1.28. The Kier molecular flexibility index (Phi) is 6.26. The van der Waals surface area contributed by atoms with Crippen LogP contribution in [0.4, 0.5) is 4.39 Å². The number of benzene rings is 1. The van der Waals surface area contributed by atoms with Crippen molar-refractivity contribution in [3.63, 3.8) is 0 Å². The zero-order valence-corrected chi connectivity index (χ0v) is 16.4. The van der Waals surface area contributed by atoms with Gasteiger partial charge in [-0.05, 0) is 57.2 Å². The molecule has 0 atom stereocenters. The van der Waals surface area contributed by atoms with Crippen LogP contribution in [0.3, 0.4) is 0 Å². The van der Waals surface area contributed by atoms with Crippen LogP contribution in [0.25, 0.3) is 0 Å². The molecule has 0 aromatic heterocycles. The van der Waals surface area contributed by atoms with Gasteiger partial charge in [0.1, 0.15) is 5.67 Å². The van der Waals surface area contributed by atoms with Crippen LogP contribution in [0, 0.1) is 19.3 Å². The van der Waals surface area contributed by atoms with E-state index in [0.29, 0.717) is 23.8 Å². The summed E-state index contributed by atoms with van der Waals surface area (Å²) in [5.41, 5.74) is 1.74. The maximum absolute atomic E-state index is 15.0. The molecule has 1 amide bonds. The normalized spacial score (nSPS) is 18.2. The standard InChI is InChI=1S/C21H33FN2O/c1-16-12-17(2)14-18(13-16)19(25)23-15-21(22)7-10-24(11-8-21)9-6-20(3,4)5/h12-14H,6-11,15H2,1-5H3,(H,23,25). The Hall–Kier alpha value is -1.42. The number of piperidine rings is 1. The lowest BCUT2D eigenvalue weighted by Gasteiger charge is -2.37. The SMILES string of the molecule is Cc1cc(C)cc(C(=O)NCC2(F)CCN(CCC(C)(C)C)CC2)c1. The summed E-state index contributed by atoms with van der Waals surface area (Å²) < 4.78 is 15.0. The van der Waals surface area contributed by atoms with E-state index in [1.54, 1.807) is 0 Å². The highest BCUT2D eigenvalue weighted by Gasteiger charge is 2.35. The maximum Gasteiger partial charge on any atom is 0.251 e. The minimum Gasteiger partial charge on any atom is -0.349 e. The number of carbonyl (C=O) groups excluding carboxylic acids is 1. The second kappa shape index (κ2) is 7.86. The number of hydrogen-bond acceptors (Lipinski definition) is 2. The maximum atomic E-state index is 15.0. The van der Waals surface area contributed by atoms with E-state index in [-0.39, 0.29) is 12.5 Å². The average molecular weight is 349 g/mol. The molecule has 2 rings (SSSR count). The number of halogens is 1. The lowest BCUT2D eigenvalue weighted by Crippen LogP contribution is -2.48. The van der Waals surface area contributed by atoms with E-state index in [0.717, 1.165) is 37.2 Å². The van der Waals surface area contributed by atoms with Gasteiger partial charge < -0.3 is 10.2 Å². The van der Waals surface area contributed by atoms with Gasteiger partial charge in [-0.25, -0.2) is 4.39 Å². The van der Waals surface area contributed by atoms with Crippen LogP contribution >= 0.6 is 0 Å². The molecule has 0 spiro atoms. The summed E-state index contributed by atoms with van der Waals surface area (Å²) in [4.78, 5) is 14.7. The number of nitrogens with one attached hydrogen (secondary N) is 1. The Bertz CT molecular complexity index is 578. The van der Waals surface area contributed by atoms with Crippen molar-refractivity contribution in [1.29, 1.82) is 0 Å². The smallest absolute Gasteiger partial charge is 0.251 e. The van der Waals surface area contributed by atoms with Crippen molar-refractivity contribution in [2.75, 3.05) is 26.2 Å². The van der Waals surface area contributed by atoms with Gasteiger partial charge in [0.15, 0.2) is 0 Å². The van der Waals surface area contributed by atoms with Gasteiger partial charge in [0.05, 0.1) is 6.54 Å². The van der Waals surface area contributed by atoms with Crippen LogP contribution < -0.4 is 5.32 Å². The first-order chi connectivity index (χ1) is 11.6. The van der Waals surface area contributed by atoms with Gasteiger partial charge in [0.2, 0.25) is 0 Å². The number of rotatable bonds is 5. The predicted molar refractivity (Wildman–Crippen MR) is 102 cm³/mol. The number of nitrogens with zero attached hydrogens (tertiary/aromatic N) is 1. The summed E-state index contributed by atoms with van der Waals surface area (Å²) >= 11 is 0. The van der Waals surface area contributed by atoms with Gasteiger partial charge in [0, 0.05) is 18.7 Å². The highest BCUT2D eigenvalue weighted by molar-refractivity contribution is 5.94. The molecule has 0 aliphatic carbocycles. The number of likely N-dealkylation sites (tertiary alicyclic amines) is 1. The first kappa shape index (κ1) is 19.9. The molecule has 0 unspecified atom stereocenters. The Labute approximate surface area is 152 Å². The Morgan fingerprint density at radius 3 is 2.24 bits per heavy atom. The molecule has 140 valence electrons. The molecule has 3 nitrogen and oxygen atoms in total. The third-order valence-corrected chi connectivity index (χ3v) is 4.98. The molecule has 1 aliphatic rings. The fourth-order valence-corrected chi connectivity index (χ4v) is 3.29. The van der Waals surface area contributed by atoms with Gasteiger partial charge in [0.25, 0.3) is 5.91 Å². The zero-order valence-electron chi connectivity index (χ0n) is 16.4. The minimum absolute atomic E-state index is 0.103. The fraction of sp³-hybridized carbons (Fsp3) is 0.667. The molecule has 1 aliphatic heterocycles. The lowest BCUT2D eigenvalue weighted by molar-refractivity contribution is 0.0508. The molecule has 1 saturated heterocycles. The molecule has 1 heterocycles. The van der Waals surface area contributed by atoms with Gasteiger partial charge in [-0.1, -0.05) is 38.0 Å². The molecule has 0 saturated carbocycles. The Morgan fingerprint density at radius 2 is 1.72 bits per heavy atom. The predicted octanol–water partition coefficient (Wildman–Crippen LogP) is 4.27. The molecule has 0 bridgehead atoms. The summed E-state index contributed by atoms with van der Waals surface area (Å²) in [5.74, 6) is -0.181. The molecule has 1 aromatic rings. The molecule has 1 fully saturated rings. The molecular weight excluding hydrogens is 315 g/mol. The van der Waals surface area contributed by atoms with E-state index in [1.807, 2.05) is 32.0 Å². The third-order valence-electron chi connectivity index (χ3n) is 4.98. The zero-order chi connectivity index (χ0) is 18.7. The van der Waals surface area contributed by atoms with Crippen molar-refractivity contribution in [3.05, 3.63) is 34.9 Å². The summed E-state index contributed by atoms with van der Waals surface area (Å²) in [6.45, 7) is 13.3. The van der Waals surface area contributed by atoms with Crippen molar-refractivity contribution in [2.45, 2.75) is 59.5 Å². The molecule has 1 aromatic carbocycles. The summed E-state index contributed by atoms with van der Waals surface area (Å²) in [7, 11) is 0. The molecule has 25 heavy (non-hydrogen) atoms. The summed E-state index contributed by atoms with van der Waals surface area (Å²) in [6.07, 6.45) is 2.10. The molecular formula is C21H33FN2O. The average Bonchev–Trinajstić information content (AvgIpc) is 2.50. The van der Waals surface area contributed by atoms with Crippen molar-refractivity contribution < 1.29 is 9.18 Å². The number of aryl methyl sites for hydroxylation is 2. The number of hydrogen-bond donors (Lipinski definition) is 1. The van der Waals surface area contributed by atoms with Crippen LogP contribution in [0.2, 0.25) is 0 Å². The van der Waals surface area contributed by atoms with E-state index in [2.05, 4.69) is 31.0 Å². The highest BCUT2D eigenvalue weighted by atomic mass is 19.1. The fourth-order valence-electron chi connectivity index (χ4n) is 3.29. The second-order valence-corrected chi connectivity index (χ2v) is 8.86. The van der Waals surface area contributed by atoms with E-state index in [1.165, 1.54) is 0 Å². The van der Waals surface area contributed by atoms with Crippen molar-refractivity contribution in [3.8, 4) is 0 Å². The number of alkyl halides is 1. The van der Waals surface area contributed by atoms with Crippen molar-refractivity contribution >= 4 is 5.91 Å². The molecule has 0 radical (unpaired) electrons. The number of carbonyl (C=O) groups is 1. The van der Waals surface area contributed by atoms with Gasteiger partial charge >= 0.3 is 0 Å². The first-order valence-electron chi connectivity index (χ1n) is 9.34. The van der Waals surface area contributed by atoms with Crippen LogP contribution in [-0.2, 0) is 0 Å². The summed E-state index contributed by atoms with van der Waals surface area (Å²) in [6, 6.07) is 5.73. The highest BCUT2D eigenvalue weighted by Crippen LogP contribution is 2.27. The third kappa shape index (κ3) is 6.43. The van der Waals surface area contributed by atoms with E-state index in [9.17, 15) is 4.79 Å². The monoisotopic (exact) mass is 348 g/mol. The molecule has 4 heteroatoms. The number of amides is 1. The summed E-state index contributed by atoms with van der Waals surface area (Å²) in [5, 5.41) is 2.80. The topological polar surface area (TPSA) is 32.3 Å². The Morgan fingerprint density at radius 1 is 1.16 bits per heavy atom. The van der Waals surface area contributed by atoms with E-state index < -0.39 is 5.67 Å². The van der Waals surface area contributed by atoms with E-state index >= 15 is 4.39 Å². The van der Waals surface area contributed by atoms with Crippen molar-refractivity contribution in [1.82, 2.24) is 10.2 Å². The Balaban J connectivity index is 1.82. The largest absolute Gasteiger partial charge is 0.349 e. The van der Waals surface area contributed by atoms with Gasteiger partial charge in [-0.2, -0.15) is 0 Å².